The molecule has 0 bridgehead atoms. The van der Waals surface area contributed by atoms with Crippen LogP contribution >= 0.6 is 34.7 Å². The van der Waals surface area contributed by atoms with Crippen LogP contribution in [0, 0.1) is 0 Å². The Morgan fingerprint density at radius 1 is 1.22 bits per heavy atom. The Morgan fingerprint density at radius 3 is 2.89 bits per heavy atom. The van der Waals surface area contributed by atoms with Crippen molar-refractivity contribution in [1.82, 2.24) is 19.5 Å². The van der Waals surface area contributed by atoms with Crippen molar-refractivity contribution in [3.63, 3.8) is 0 Å². The van der Waals surface area contributed by atoms with E-state index in [0.29, 0.717) is 49.4 Å². The van der Waals surface area contributed by atoms with Gasteiger partial charge in [-0.2, -0.15) is 0 Å². The summed E-state index contributed by atoms with van der Waals surface area (Å²) in [5.41, 5.74) is 1.02. The van der Waals surface area contributed by atoms with Crippen molar-refractivity contribution >= 4 is 55.8 Å². The summed E-state index contributed by atoms with van der Waals surface area (Å²) in [5.74, 6) is 0.961. The quantitative estimate of drug-likeness (QED) is 0.390. The van der Waals surface area contributed by atoms with Gasteiger partial charge in [-0.3, -0.25) is 14.2 Å². The summed E-state index contributed by atoms with van der Waals surface area (Å²) < 4.78 is 2.28. The van der Waals surface area contributed by atoms with E-state index in [0.717, 1.165) is 6.42 Å². The summed E-state index contributed by atoms with van der Waals surface area (Å²) in [4.78, 5) is 36.9. The Bertz CT molecular complexity index is 1260. The van der Waals surface area contributed by atoms with Gasteiger partial charge in [0.1, 0.15) is 10.5 Å². The molecule has 27 heavy (non-hydrogen) atoms. The standard InChI is InChI=1S/C18H15ClN4O2S2/c1-2-6-23-17(25)11-4-3-10(19)8-13(11)21-18(23)27-9-14-20-12-5-7-26-15(12)16(24)22-14/h3-5,7-8H,2,6,9H2,1H3,(H,20,22,24). The van der Waals surface area contributed by atoms with Crippen LogP contribution in [-0.2, 0) is 12.3 Å². The molecular formula is C18H15ClN4O2S2. The van der Waals surface area contributed by atoms with Crippen LogP contribution in [0.3, 0.4) is 0 Å². The minimum absolute atomic E-state index is 0.0873. The smallest absolute Gasteiger partial charge is 0.268 e. The molecule has 0 aliphatic heterocycles. The molecule has 0 fully saturated rings. The highest BCUT2D eigenvalue weighted by Crippen LogP contribution is 2.23. The number of rotatable bonds is 5. The molecule has 6 nitrogen and oxygen atoms in total. The lowest BCUT2D eigenvalue weighted by Crippen LogP contribution is -2.23. The van der Waals surface area contributed by atoms with E-state index >= 15 is 0 Å². The minimum Gasteiger partial charge on any atom is -0.309 e. The van der Waals surface area contributed by atoms with Crippen LogP contribution < -0.4 is 11.1 Å². The Balaban J connectivity index is 1.74. The SMILES string of the molecule is CCCn1c(SCc2nc3ccsc3c(=O)[nH]2)nc2cc(Cl)ccc2c1=O. The number of halogens is 1. The summed E-state index contributed by atoms with van der Waals surface area (Å²) in [6, 6.07) is 6.92. The van der Waals surface area contributed by atoms with Gasteiger partial charge in [-0.25, -0.2) is 9.97 Å². The first-order valence-electron chi connectivity index (χ1n) is 8.36. The van der Waals surface area contributed by atoms with Gasteiger partial charge in [0.15, 0.2) is 5.16 Å². The Morgan fingerprint density at radius 2 is 2.07 bits per heavy atom. The fourth-order valence-electron chi connectivity index (χ4n) is 2.83. The molecule has 0 saturated heterocycles. The zero-order valence-corrected chi connectivity index (χ0v) is 16.7. The largest absolute Gasteiger partial charge is 0.309 e. The van der Waals surface area contributed by atoms with Gasteiger partial charge in [-0.1, -0.05) is 30.3 Å². The molecule has 3 heterocycles. The third-order valence-corrected chi connectivity index (χ3v) is 6.16. The molecule has 4 rings (SSSR count). The number of hydrogen-bond acceptors (Lipinski definition) is 6. The van der Waals surface area contributed by atoms with E-state index in [4.69, 9.17) is 11.6 Å². The highest BCUT2D eigenvalue weighted by molar-refractivity contribution is 7.98. The van der Waals surface area contributed by atoms with Crippen molar-refractivity contribution in [1.29, 1.82) is 0 Å². The van der Waals surface area contributed by atoms with Crippen LogP contribution in [0.2, 0.25) is 5.02 Å². The molecule has 4 aromatic rings. The molecule has 0 saturated carbocycles. The molecule has 9 heteroatoms. The van der Waals surface area contributed by atoms with E-state index in [-0.39, 0.29) is 11.1 Å². The average Bonchev–Trinajstić information content (AvgIpc) is 3.12. The lowest BCUT2D eigenvalue weighted by atomic mass is 10.2. The predicted octanol–water partition coefficient (Wildman–Crippen LogP) is 4.05. The summed E-state index contributed by atoms with van der Waals surface area (Å²) in [6.07, 6.45) is 0.810. The first-order valence-corrected chi connectivity index (χ1v) is 10.6. The van der Waals surface area contributed by atoms with E-state index in [1.165, 1.54) is 23.1 Å². The van der Waals surface area contributed by atoms with Crippen LogP contribution in [0.15, 0.2) is 44.4 Å². The first-order chi connectivity index (χ1) is 13.1. The molecule has 0 atom stereocenters. The van der Waals surface area contributed by atoms with Gasteiger partial charge in [0.25, 0.3) is 11.1 Å². The van der Waals surface area contributed by atoms with Gasteiger partial charge < -0.3 is 4.98 Å². The second-order valence-corrected chi connectivity index (χ2v) is 8.24. The molecule has 0 unspecified atom stereocenters. The summed E-state index contributed by atoms with van der Waals surface area (Å²) in [6.45, 7) is 2.58. The van der Waals surface area contributed by atoms with Gasteiger partial charge >= 0.3 is 0 Å². The maximum absolute atomic E-state index is 12.9. The maximum atomic E-state index is 12.9. The number of thiophene rings is 1. The fraction of sp³-hybridized carbons (Fsp3) is 0.222. The lowest BCUT2D eigenvalue weighted by Gasteiger charge is -2.12. The summed E-state index contributed by atoms with van der Waals surface area (Å²) >= 11 is 8.80. The lowest BCUT2D eigenvalue weighted by molar-refractivity contribution is 0.584. The molecular weight excluding hydrogens is 404 g/mol. The molecule has 0 radical (unpaired) electrons. The molecule has 1 aromatic carbocycles. The summed E-state index contributed by atoms with van der Waals surface area (Å²) in [7, 11) is 0. The second-order valence-electron chi connectivity index (χ2n) is 5.95. The minimum atomic E-state index is -0.144. The number of benzene rings is 1. The predicted molar refractivity (Wildman–Crippen MR) is 111 cm³/mol. The van der Waals surface area contributed by atoms with Crippen LogP contribution in [0.25, 0.3) is 21.1 Å². The topological polar surface area (TPSA) is 80.6 Å². The van der Waals surface area contributed by atoms with Crippen molar-refractivity contribution in [2.24, 2.45) is 0 Å². The molecule has 0 spiro atoms. The van der Waals surface area contributed by atoms with Gasteiger partial charge in [-0.05, 0) is 36.1 Å². The van der Waals surface area contributed by atoms with Crippen LogP contribution in [0.1, 0.15) is 19.2 Å². The molecule has 0 amide bonds. The Labute approximate surface area is 167 Å². The molecule has 0 aliphatic rings. The van der Waals surface area contributed by atoms with Crippen LogP contribution in [-0.4, -0.2) is 19.5 Å². The van der Waals surface area contributed by atoms with Crippen molar-refractivity contribution in [3.8, 4) is 0 Å². The van der Waals surface area contributed by atoms with Crippen molar-refractivity contribution in [2.75, 3.05) is 0 Å². The van der Waals surface area contributed by atoms with Gasteiger partial charge in [0, 0.05) is 11.6 Å². The molecule has 138 valence electrons. The number of aromatic nitrogens is 4. The fourth-order valence-corrected chi connectivity index (χ4v) is 4.62. The van der Waals surface area contributed by atoms with Gasteiger partial charge in [0.2, 0.25) is 0 Å². The highest BCUT2D eigenvalue weighted by Gasteiger charge is 2.13. The third-order valence-electron chi connectivity index (χ3n) is 4.03. The first kappa shape index (κ1) is 18.2. The number of thioether (sulfide) groups is 1. The maximum Gasteiger partial charge on any atom is 0.268 e. The van der Waals surface area contributed by atoms with Crippen LogP contribution in [0.4, 0.5) is 0 Å². The second kappa shape index (κ2) is 7.46. The number of nitrogens with zero attached hydrogens (tertiary/aromatic N) is 3. The number of aromatic amines is 1. The molecule has 3 aromatic heterocycles. The highest BCUT2D eigenvalue weighted by atomic mass is 35.5. The van der Waals surface area contributed by atoms with Gasteiger partial charge in [-0.15, -0.1) is 11.3 Å². The third kappa shape index (κ3) is 3.52. The number of H-pyrrole nitrogens is 1. The number of nitrogens with one attached hydrogen (secondary N) is 1. The normalized spacial score (nSPS) is 11.5. The monoisotopic (exact) mass is 418 g/mol. The van der Waals surface area contributed by atoms with Crippen molar-refractivity contribution in [2.45, 2.75) is 30.8 Å². The zero-order chi connectivity index (χ0) is 19.0. The molecule has 1 N–H and O–H groups in total. The van der Waals surface area contributed by atoms with E-state index < -0.39 is 0 Å². The zero-order valence-electron chi connectivity index (χ0n) is 14.4. The Hall–Kier alpha value is -2.16. The van der Waals surface area contributed by atoms with E-state index in [2.05, 4.69) is 15.0 Å². The molecule has 0 aliphatic carbocycles. The average molecular weight is 419 g/mol. The van der Waals surface area contributed by atoms with Gasteiger partial charge in [0.05, 0.1) is 22.2 Å². The van der Waals surface area contributed by atoms with Crippen LogP contribution in [0.5, 0.6) is 0 Å². The number of hydrogen-bond donors (Lipinski definition) is 1. The van der Waals surface area contributed by atoms with E-state index in [1.54, 1.807) is 22.8 Å². The van der Waals surface area contributed by atoms with Crippen molar-refractivity contribution < 1.29 is 0 Å². The van der Waals surface area contributed by atoms with Crippen molar-refractivity contribution in [3.05, 3.63) is 61.2 Å². The van der Waals surface area contributed by atoms with E-state index in [1.807, 2.05) is 18.4 Å². The van der Waals surface area contributed by atoms with E-state index in [9.17, 15) is 9.59 Å². The Kier molecular flexibility index (Phi) is 5.03. The summed E-state index contributed by atoms with van der Waals surface area (Å²) in [5, 5.41) is 3.51. The number of fused-ring (bicyclic) bond motifs is 2.